The van der Waals surface area contributed by atoms with Crippen LogP contribution < -0.4 is 15.8 Å². The van der Waals surface area contributed by atoms with Crippen LogP contribution in [0.2, 0.25) is 0 Å². The number of benzene rings is 1. The molecular weight excluding hydrogens is 251 g/mol. The van der Waals surface area contributed by atoms with Gasteiger partial charge in [0, 0.05) is 0 Å². The largest absolute Gasteiger partial charge is 0.479 e. The number of hydrogen-bond donors (Lipinski definition) is 2. The van der Waals surface area contributed by atoms with Crippen molar-refractivity contribution in [2.75, 3.05) is 17.7 Å². The summed E-state index contributed by atoms with van der Waals surface area (Å²) in [7, 11) is 0. The number of nitrogens with two attached hydrogens (primary N) is 1. The van der Waals surface area contributed by atoms with Crippen molar-refractivity contribution in [2.24, 2.45) is 0 Å². The van der Waals surface area contributed by atoms with E-state index < -0.39 is 28.9 Å². The third-order valence-electron chi connectivity index (χ3n) is 2.36. The summed E-state index contributed by atoms with van der Waals surface area (Å²) in [4.78, 5) is 11.0. The third kappa shape index (κ3) is 1.79. The maximum Gasteiger partial charge on any atom is 0.417 e. The number of nitrogen functional groups attached to an aromatic ring is 1. The highest BCUT2D eigenvalue weighted by Crippen LogP contribution is 2.43. The lowest BCUT2D eigenvalue weighted by Crippen LogP contribution is -2.27. The van der Waals surface area contributed by atoms with Gasteiger partial charge in [0.2, 0.25) is 0 Å². The molecule has 0 atom stereocenters. The van der Waals surface area contributed by atoms with E-state index in [0.717, 1.165) is 0 Å². The van der Waals surface area contributed by atoms with Gasteiger partial charge in [0.1, 0.15) is 6.07 Å². The smallest absolute Gasteiger partial charge is 0.417 e. The average molecular weight is 257 g/mol. The van der Waals surface area contributed by atoms with Crippen LogP contribution in [0.5, 0.6) is 5.75 Å². The van der Waals surface area contributed by atoms with E-state index in [1.807, 2.05) is 0 Å². The van der Waals surface area contributed by atoms with E-state index in [1.165, 1.54) is 6.07 Å². The van der Waals surface area contributed by atoms with Gasteiger partial charge >= 0.3 is 6.18 Å². The van der Waals surface area contributed by atoms with E-state index in [9.17, 15) is 18.0 Å². The van der Waals surface area contributed by atoms with Gasteiger partial charge in [-0.25, -0.2) is 0 Å². The first-order valence-electron chi connectivity index (χ1n) is 4.71. The number of ether oxygens (including phenoxy) is 1. The topological polar surface area (TPSA) is 88.1 Å². The molecule has 0 aromatic heterocycles. The molecule has 18 heavy (non-hydrogen) atoms. The van der Waals surface area contributed by atoms with Crippen molar-refractivity contribution in [1.82, 2.24) is 0 Å². The van der Waals surface area contributed by atoms with E-state index in [0.29, 0.717) is 6.07 Å². The Morgan fingerprint density at radius 3 is 2.72 bits per heavy atom. The second-order valence-corrected chi connectivity index (χ2v) is 3.54. The van der Waals surface area contributed by atoms with Crippen LogP contribution in [0.4, 0.5) is 24.5 Å². The molecule has 1 aliphatic rings. The second kappa shape index (κ2) is 3.80. The Balaban J connectivity index is 2.71. The van der Waals surface area contributed by atoms with Crippen molar-refractivity contribution in [3.05, 3.63) is 17.2 Å². The summed E-state index contributed by atoms with van der Waals surface area (Å²) < 4.78 is 43.1. The highest BCUT2D eigenvalue weighted by Gasteiger charge is 2.37. The fourth-order valence-electron chi connectivity index (χ4n) is 1.60. The zero-order chi connectivity index (χ0) is 13.5. The zero-order valence-electron chi connectivity index (χ0n) is 8.76. The van der Waals surface area contributed by atoms with E-state index in [1.54, 1.807) is 0 Å². The number of anilines is 2. The minimum atomic E-state index is -4.74. The molecule has 3 N–H and O–H groups in total. The number of fused-ring (bicyclic) bond motifs is 1. The van der Waals surface area contributed by atoms with Crippen LogP contribution >= 0.6 is 0 Å². The first-order chi connectivity index (χ1) is 8.34. The van der Waals surface area contributed by atoms with Gasteiger partial charge < -0.3 is 15.8 Å². The van der Waals surface area contributed by atoms with Crippen molar-refractivity contribution in [3.63, 3.8) is 0 Å². The summed E-state index contributed by atoms with van der Waals surface area (Å²) in [6.45, 7) is -0.354. The van der Waals surface area contributed by atoms with E-state index in [-0.39, 0.29) is 18.0 Å². The standard InChI is InChI=1S/C10H6F3N3O2/c11-10(12,13)5-1-6-9(8(15)4(5)2-14)18-3-7(17)16-6/h1H,3,15H2,(H,16,17). The molecule has 0 spiro atoms. The van der Waals surface area contributed by atoms with E-state index in [2.05, 4.69) is 5.32 Å². The first kappa shape index (κ1) is 12.0. The summed E-state index contributed by atoms with van der Waals surface area (Å²) >= 11 is 0. The lowest BCUT2D eigenvalue weighted by Gasteiger charge is -2.22. The minimum Gasteiger partial charge on any atom is -0.479 e. The van der Waals surface area contributed by atoms with Gasteiger partial charge in [0.25, 0.3) is 5.91 Å². The molecule has 5 nitrogen and oxygen atoms in total. The molecule has 8 heteroatoms. The number of hydrogen-bond acceptors (Lipinski definition) is 4. The van der Waals surface area contributed by atoms with Gasteiger partial charge in [0.15, 0.2) is 12.4 Å². The highest BCUT2D eigenvalue weighted by molar-refractivity contribution is 5.97. The Hall–Kier alpha value is -2.43. The van der Waals surface area contributed by atoms with Crippen molar-refractivity contribution in [3.8, 4) is 11.8 Å². The van der Waals surface area contributed by atoms with Crippen LogP contribution in [0.3, 0.4) is 0 Å². The lowest BCUT2D eigenvalue weighted by molar-refractivity contribution is -0.137. The van der Waals surface area contributed by atoms with Gasteiger partial charge in [-0.3, -0.25) is 4.79 Å². The molecular formula is C10H6F3N3O2. The Labute approximate surface area is 98.9 Å². The third-order valence-corrected chi connectivity index (χ3v) is 2.36. The molecule has 2 rings (SSSR count). The molecule has 0 unspecified atom stereocenters. The number of carbonyl (C=O) groups excluding carboxylic acids is 1. The fraction of sp³-hybridized carbons (Fsp3) is 0.200. The maximum absolute atomic E-state index is 12.7. The number of rotatable bonds is 0. The molecule has 0 radical (unpaired) electrons. The summed E-state index contributed by atoms with van der Waals surface area (Å²) in [5.74, 6) is -0.695. The van der Waals surface area contributed by atoms with Crippen molar-refractivity contribution >= 4 is 17.3 Å². The zero-order valence-corrected chi connectivity index (χ0v) is 8.76. The molecule has 1 aromatic rings. The van der Waals surface area contributed by atoms with Crippen LogP contribution in [0, 0.1) is 11.3 Å². The Kier molecular flexibility index (Phi) is 2.54. The van der Waals surface area contributed by atoms with Gasteiger partial charge in [-0.2, -0.15) is 18.4 Å². The van der Waals surface area contributed by atoms with E-state index >= 15 is 0 Å². The van der Waals surface area contributed by atoms with Crippen molar-refractivity contribution < 1.29 is 22.7 Å². The molecule has 1 aromatic carbocycles. The predicted molar refractivity (Wildman–Crippen MR) is 54.7 cm³/mol. The molecule has 0 fully saturated rings. The Morgan fingerprint density at radius 2 is 2.17 bits per heavy atom. The molecule has 1 aliphatic heterocycles. The number of nitrogens with one attached hydrogen (secondary N) is 1. The number of carbonyl (C=O) groups is 1. The molecule has 94 valence electrons. The first-order valence-corrected chi connectivity index (χ1v) is 4.71. The molecule has 0 saturated carbocycles. The van der Waals surface area contributed by atoms with Gasteiger partial charge in [-0.1, -0.05) is 0 Å². The molecule has 1 amide bonds. The van der Waals surface area contributed by atoms with Crippen LogP contribution in [0.1, 0.15) is 11.1 Å². The number of nitrogens with zero attached hydrogens (tertiary/aromatic N) is 1. The highest BCUT2D eigenvalue weighted by atomic mass is 19.4. The summed E-state index contributed by atoms with van der Waals surface area (Å²) in [6.07, 6.45) is -4.74. The Bertz CT molecular complexity index is 575. The molecule has 0 saturated heterocycles. The number of nitriles is 1. The summed E-state index contributed by atoms with van der Waals surface area (Å²) in [5.41, 5.74) is 2.93. The van der Waals surface area contributed by atoms with Crippen molar-refractivity contribution in [2.45, 2.75) is 6.18 Å². The average Bonchev–Trinajstić information content (AvgIpc) is 2.27. The summed E-state index contributed by atoms with van der Waals surface area (Å²) in [5, 5.41) is 11.0. The fourth-order valence-corrected chi connectivity index (χ4v) is 1.60. The molecule has 1 heterocycles. The van der Waals surface area contributed by atoms with Crippen LogP contribution in [0.25, 0.3) is 0 Å². The lowest BCUT2D eigenvalue weighted by atomic mass is 10.0. The van der Waals surface area contributed by atoms with E-state index in [4.69, 9.17) is 15.7 Å². The van der Waals surface area contributed by atoms with Crippen LogP contribution in [0.15, 0.2) is 6.07 Å². The van der Waals surface area contributed by atoms with Crippen LogP contribution in [-0.2, 0) is 11.0 Å². The van der Waals surface area contributed by atoms with Gasteiger partial charge in [-0.15, -0.1) is 0 Å². The second-order valence-electron chi connectivity index (χ2n) is 3.54. The number of alkyl halides is 3. The number of halogens is 3. The normalized spacial score (nSPS) is 14.2. The molecule has 0 aliphatic carbocycles. The number of amides is 1. The molecule has 0 bridgehead atoms. The van der Waals surface area contributed by atoms with Crippen molar-refractivity contribution in [1.29, 1.82) is 5.26 Å². The SMILES string of the molecule is N#Cc1c(C(F)(F)F)cc2c(c1N)OCC(=O)N2. The van der Waals surface area contributed by atoms with Gasteiger partial charge in [-0.05, 0) is 6.07 Å². The summed E-state index contributed by atoms with van der Waals surface area (Å²) in [6, 6.07) is 2.03. The minimum absolute atomic E-state index is 0.112. The predicted octanol–water partition coefficient (Wildman–Crippen LogP) is 1.49. The quantitative estimate of drug-likeness (QED) is 0.689. The monoisotopic (exact) mass is 257 g/mol. The van der Waals surface area contributed by atoms with Crippen LogP contribution in [-0.4, -0.2) is 12.5 Å². The Morgan fingerprint density at radius 1 is 1.50 bits per heavy atom. The maximum atomic E-state index is 12.7. The van der Waals surface area contributed by atoms with Gasteiger partial charge in [0.05, 0.1) is 22.5 Å².